The molecule has 0 aliphatic carbocycles. The van der Waals surface area contributed by atoms with Gasteiger partial charge in [-0.15, -0.1) is 0 Å². The van der Waals surface area contributed by atoms with Crippen molar-refractivity contribution in [2.75, 3.05) is 26.7 Å². The minimum atomic E-state index is -1.14. The summed E-state index contributed by atoms with van der Waals surface area (Å²) in [6.07, 6.45) is -0.829. The lowest BCUT2D eigenvalue weighted by molar-refractivity contribution is -0.145. The topological polar surface area (TPSA) is 101 Å². The van der Waals surface area contributed by atoms with Crippen LogP contribution < -0.4 is 0 Å². The molecule has 2 fully saturated rings. The van der Waals surface area contributed by atoms with Crippen LogP contribution in [0, 0.1) is 0 Å². The molecule has 2 heterocycles. The Morgan fingerprint density at radius 2 is 1.90 bits per heavy atom. The largest absolute Gasteiger partial charge is 0.480 e. The Labute approximate surface area is 122 Å². The molecule has 21 heavy (non-hydrogen) atoms. The Morgan fingerprint density at radius 3 is 2.48 bits per heavy atom. The second-order valence-corrected chi connectivity index (χ2v) is 6.12. The average Bonchev–Trinajstić information content (AvgIpc) is 2.78. The van der Waals surface area contributed by atoms with E-state index in [0.29, 0.717) is 13.1 Å². The van der Waals surface area contributed by atoms with E-state index < -0.39 is 29.7 Å². The highest BCUT2D eigenvalue weighted by atomic mass is 16.4. The summed E-state index contributed by atoms with van der Waals surface area (Å²) >= 11 is 0. The van der Waals surface area contributed by atoms with Crippen molar-refractivity contribution in [3.05, 3.63) is 0 Å². The molecule has 2 rings (SSSR count). The van der Waals surface area contributed by atoms with E-state index in [4.69, 9.17) is 0 Å². The van der Waals surface area contributed by atoms with Crippen molar-refractivity contribution in [3.63, 3.8) is 0 Å². The maximum absolute atomic E-state index is 12.6. The first-order chi connectivity index (χ1) is 9.66. The lowest BCUT2D eigenvalue weighted by Crippen LogP contribution is -2.66. The lowest BCUT2D eigenvalue weighted by atomic mass is 9.98. The molecular formula is C13H21N3O5. The Morgan fingerprint density at radius 1 is 1.29 bits per heavy atom. The third kappa shape index (κ3) is 2.55. The van der Waals surface area contributed by atoms with Gasteiger partial charge in [-0.3, -0.25) is 4.79 Å². The van der Waals surface area contributed by atoms with E-state index in [2.05, 4.69) is 0 Å². The van der Waals surface area contributed by atoms with Crippen LogP contribution in [-0.2, 0) is 9.59 Å². The number of carboxylic acids is 1. The standard InChI is InChI=1S/C13H21N3O5/c1-13(2)11(20)14(3)4-5-16(13)12(21)15-7-8(17)6-9(15)10(18)19/h8-9,17H,4-7H2,1-3H3,(H,18,19)/t8-,9-/m1/s1. The zero-order chi connectivity index (χ0) is 15.9. The monoisotopic (exact) mass is 299 g/mol. The summed E-state index contributed by atoms with van der Waals surface area (Å²) in [4.78, 5) is 40.2. The summed E-state index contributed by atoms with van der Waals surface area (Å²) in [5.41, 5.74) is -1.03. The fourth-order valence-corrected chi connectivity index (χ4v) is 2.96. The summed E-state index contributed by atoms with van der Waals surface area (Å²) in [6, 6.07) is -1.55. The highest BCUT2D eigenvalue weighted by Gasteiger charge is 2.48. The normalized spacial score (nSPS) is 29.0. The summed E-state index contributed by atoms with van der Waals surface area (Å²) in [5, 5.41) is 18.8. The van der Waals surface area contributed by atoms with Gasteiger partial charge in [0.15, 0.2) is 0 Å². The predicted molar refractivity (Wildman–Crippen MR) is 72.6 cm³/mol. The number of carboxylic acid groups (broad SMARTS) is 1. The molecule has 2 N–H and O–H groups in total. The lowest BCUT2D eigenvalue weighted by Gasteiger charge is -2.46. The first-order valence-electron chi connectivity index (χ1n) is 6.91. The highest BCUT2D eigenvalue weighted by Crippen LogP contribution is 2.27. The second-order valence-electron chi connectivity index (χ2n) is 6.12. The van der Waals surface area contributed by atoms with Crippen LogP contribution in [0.4, 0.5) is 4.79 Å². The zero-order valence-corrected chi connectivity index (χ0v) is 12.4. The minimum Gasteiger partial charge on any atom is -0.480 e. The van der Waals surface area contributed by atoms with Crippen LogP contribution in [0.3, 0.4) is 0 Å². The molecule has 3 amide bonds. The van der Waals surface area contributed by atoms with Gasteiger partial charge in [0.1, 0.15) is 11.6 Å². The molecule has 2 aliphatic heterocycles. The number of carbonyl (C=O) groups excluding carboxylic acids is 2. The molecule has 2 saturated heterocycles. The molecule has 0 radical (unpaired) electrons. The molecule has 118 valence electrons. The number of hydrogen-bond donors (Lipinski definition) is 2. The number of amides is 3. The van der Waals surface area contributed by atoms with E-state index in [-0.39, 0.29) is 18.9 Å². The molecule has 0 aromatic heterocycles. The van der Waals surface area contributed by atoms with Crippen molar-refractivity contribution in [1.82, 2.24) is 14.7 Å². The average molecular weight is 299 g/mol. The second kappa shape index (κ2) is 5.18. The van der Waals surface area contributed by atoms with Gasteiger partial charge >= 0.3 is 12.0 Å². The van der Waals surface area contributed by atoms with Crippen molar-refractivity contribution in [3.8, 4) is 0 Å². The summed E-state index contributed by atoms with van der Waals surface area (Å²) < 4.78 is 0. The molecule has 0 spiro atoms. The van der Waals surface area contributed by atoms with Gasteiger partial charge in [-0.2, -0.15) is 0 Å². The third-order valence-corrected chi connectivity index (χ3v) is 4.24. The van der Waals surface area contributed by atoms with Crippen molar-refractivity contribution < 1.29 is 24.6 Å². The minimum absolute atomic E-state index is 0.0171. The number of aliphatic hydroxyl groups is 1. The van der Waals surface area contributed by atoms with Crippen molar-refractivity contribution in [1.29, 1.82) is 0 Å². The molecule has 0 aromatic carbocycles. The van der Waals surface area contributed by atoms with Crippen LogP contribution in [0.15, 0.2) is 0 Å². The SMILES string of the molecule is CN1CCN(C(=O)N2C[C@H](O)C[C@@H]2C(=O)O)C(C)(C)C1=O. The molecule has 2 aliphatic rings. The Hall–Kier alpha value is -1.83. The fourth-order valence-electron chi connectivity index (χ4n) is 2.96. The maximum atomic E-state index is 12.6. The van der Waals surface area contributed by atoms with Crippen LogP contribution in [0.2, 0.25) is 0 Å². The van der Waals surface area contributed by atoms with E-state index in [0.717, 1.165) is 4.90 Å². The molecular weight excluding hydrogens is 278 g/mol. The number of rotatable bonds is 1. The number of nitrogens with zero attached hydrogens (tertiary/aromatic N) is 3. The predicted octanol–water partition coefficient (Wildman–Crippen LogP) is -0.821. The zero-order valence-electron chi connectivity index (χ0n) is 12.4. The number of aliphatic carboxylic acids is 1. The molecule has 8 nitrogen and oxygen atoms in total. The van der Waals surface area contributed by atoms with Gasteiger partial charge in [0.25, 0.3) is 0 Å². The van der Waals surface area contributed by atoms with E-state index in [1.54, 1.807) is 25.8 Å². The number of likely N-dealkylation sites (N-methyl/N-ethyl adjacent to an activating group) is 1. The van der Waals surface area contributed by atoms with Gasteiger partial charge in [0.05, 0.1) is 6.10 Å². The Balaban J connectivity index is 2.23. The number of piperazine rings is 1. The van der Waals surface area contributed by atoms with Crippen LogP contribution in [0.1, 0.15) is 20.3 Å². The van der Waals surface area contributed by atoms with E-state index in [1.807, 2.05) is 0 Å². The van der Waals surface area contributed by atoms with Gasteiger partial charge < -0.3 is 24.9 Å². The number of aliphatic hydroxyl groups excluding tert-OH is 1. The molecule has 0 saturated carbocycles. The van der Waals surface area contributed by atoms with E-state index in [1.165, 1.54) is 4.90 Å². The molecule has 2 atom stereocenters. The van der Waals surface area contributed by atoms with Crippen LogP contribution in [0.25, 0.3) is 0 Å². The number of urea groups is 1. The van der Waals surface area contributed by atoms with Crippen molar-refractivity contribution in [2.24, 2.45) is 0 Å². The smallest absolute Gasteiger partial charge is 0.326 e. The third-order valence-electron chi connectivity index (χ3n) is 4.24. The van der Waals surface area contributed by atoms with Crippen molar-refractivity contribution >= 4 is 17.9 Å². The fraction of sp³-hybridized carbons (Fsp3) is 0.769. The molecule has 0 unspecified atom stereocenters. The summed E-state index contributed by atoms with van der Waals surface area (Å²) in [5.74, 6) is -1.33. The Bertz CT molecular complexity index is 478. The van der Waals surface area contributed by atoms with Gasteiger partial charge in [0, 0.05) is 33.1 Å². The summed E-state index contributed by atoms with van der Waals surface area (Å²) in [7, 11) is 1.67. The summed E-state index contributed by atoms with van der Waals surface area (Å²) in [6.45, 7) is 4.01. The first kappa shape index (κ1) is 15.6. The van der Waals surface area contributed by atoms with E-state index in [9.17, 15) is 24.6 Å². The molecule has 8 heteroatoms. The number of likely N-dealkylation sites (tertiary alicyclic amines) is 1. The number of β-amino-alcohol motifs (C(OH)–C–C–N with tert-alkyl or cyclic N) is 1. The number of carbonyl (C=O) groups is 3. The van der Waals surface area contributed by atoms with Gasteiger partial charge in [-0.25, -0.2) is 9.59 Å². The van der Waals surface area contributed by atoms with Gasteiger partial charge in [0.2, 0.25) is 5.91 Å². The van der Waals surface area contributed by atoms with Crippen LogP contribution in [0.5, 0.6) is 0 Å². The first-order valence-corrected chi connectivity index (χ1v) is 6.91. The van der Waals surface area contributed by atoms with Crippen molar-refractivity contribution in [2.45, 2.75) is 38.0 Å². The van der Waals surface area contributed by atoms with Gasteiger partial charge in [-0.1, -0.05) is 0 Å². The van der Waals surface area contributed by atoms with E-state index >= 15 is 0 Å². The maximum Gasteiger partial charge on any atom is 0.326 e. The molecule has 0 bridgehead atoms. The van der Waals surface area contributed by atoms with Crippen LogP contribution >= 0.6 is 0 Å². The van der Waals surface area contributed by atoms with Crippen LogP contribution in [-0.4, -0.2) is 87.2 Å². The quantitative estimate of drug-likeness (QED) is 0.658. The highest BCUT2D eigenvalue weighted by molar-refractivity contribution is 5.92. The van der Waals surface area contributed by atoms with Gasteiger partial charge in [-0.05, 0) is 13.8 Å². The number of hydrogen-bond acceptors (Lipinski definition) is 4. The molecule has 0 aromatic rings. The Kier molecular flexibility index (Phi) is 3.83.